The molecule has 4 aromatic heterocycles. The van der Waals surface area contributed by atoms with E-state index in [-0.39, 0.29) is 74.5 Å². The number of nitrogens with zero attached hydrogens (tertiary/aromatic N) is 5. The third-order valence-corrected chi connectivity index (χ3v) is 15.6. The zero-order valence-electron chi connectivity index (χ0n) is 51.3. The number of carbonyl (C=O) groups is 2. The van der Waals surface area contributed by atoms with Crippen LogP contribution >= 0.6 is 15.9 Å². The molecule has 0 aliphatic heterocycles. The predicted octanol–water partition coefficient (Wildman–Crippen LogP) is 13.8. The second kappa shape index (κ2) is 36.4. The van der Waals surface area contributed by atoms with Crippen molar-refractivity contribution in [1.82, 2.24) is 29.1 Å². The summed E-state index contributed by atoms with van der Waals surface area (Å²) in [6, 6.07) is 47.2. The number of alkyl halides is 2. The van der Waals surface area contributed by atoms with Crippen LogP contribution in [0.2, 0.25) is 0 Å². The van der Waals surface area contributed by atoms with E-state index in [0.717, 1.165) is 23.2 Å². The average molecular weight is 1510 g/mol. The second-order valence-electron chi connectivity index (χ2n) is 20.8. The first-order valence-electron chi connectivity index (χ1n) is 29.3. The van der Waals surface area contributed by atoms with Crippen molar-refractivity contribution < 1.29 is 108 Å². The van der Waals surface area contributed by atoms with Gasteiger partial charge in [0.1, 0.15) is 29.9 Å². The maximum Gasteiger partial charge on any atom is 1.00 e. The topological polar surface area (TPSA) is 219 Å². The first-order chi connectivity index (χ1) is 44.2. The molecule has 4 heterocycles. The summed E-state index contributed by atoms with van der Waals surface area (Å²) in [5, 5.41) is 17.4. The van der Waals surface area contributed by atoms with Crippen LogP contribution in [0, 0.1) is 11.6 Å². The van der Waals surface area contributed by atoms with E-state index in [1.54, 1.807) is 80.4 Å². The summed E-state index contributed by atoms with van der Waals surface area (Å²) in [5.41, 5.74) is 12.0. The Hall–Kier alpha value is -7.80. The van der Waals surface area contributed by atoms with Crippen LogP contribution in [0.3, 0.4) is 0 Å². The molecule has 10 aromatic rings. The van der Waals surface area contributed by atoms with Gasteiger partial charge in [-0.1, -0.05) is 101 Å². The molecule has 23 heteroatoms. The Morgan fingerprint density at radius 1 is 0.674 bits per heavy atom. The van der Waals surface area contributed by atoms with Crippen LogP contribution < -0.4 is 10.3 Å². The summed E-state index contributed by atoms with van der Waals surface area (Å²) >= 11 is 3.50. The van der Waals surface area contributed by atoms with Crippen LogP contribution in [-0.4, -0.2) is 99.5 Å². The van der Waals surface area contributed by atoms with Crippen molar-refractivity contribution in [2.75, 3.05) is 41.7 Å². The van der Waals surface area contributed by atoms with Crippen molar-refractivity contribution in [3.8, 4) is 28.4 Å². The summed E-state index contributed by atoms with van der Waals surface area (Å²) in [4.78, 5) is 63.0. The Kier molecular flexibility index (Phi) is 28.4. The third-order valence-electron chi connectivity index (χ3n) is 15.0. The summed E-state index contributed by atoms with van der Waals surface area (Å²) < 4.78 is 71.0. The van der Waals surface area contributed by atoms with Gasteiger partial charge in [0.05, 0.1) is 67.7 Å². The molecule has 12 rings (SSSR count). The zero-order valence-corrected chi connectivity index (χ0v) is 54.8. The fourth-order valence-electron chi connectivity index (χ4n) is 10.2. The van der Waals surface area contributed by atoms with E-state index in [0.29, 0.717) is 112 Å². The van der Waals surface area contributed by atoms with Crippen LogP contribution in [0.1, 0.15) is 105 Å². The summed E-state index contributed by atoms with van der Waals surface area (Å²) in [5.74, 6) is 1.07. The van der Waals surface area contributed by atoms with Crippen molar-refractivity contribution >= 4 is 56.4 Å². The molecule has 0 saturated heterocycles. The molecule has 3 N–H and O–H groups in total. The van der Waals surface area contributed by atoms with Gasteiger partial charge in [0, 0.05) is 96.8 Å². The number of esters is 1. The van der Waals surface area contributed by atoms with Gasteiger partial charge in [-0.15, -0.1) is 0 Å². The van der Waals surface area contributed by atoms with Gasteiger partial charge in [-0.05, 0) is 138 Å². The van der Waals surface area contributed by atoms with E-state index in [4.69, 9.17) is 30.4 Å². The van der Waals surface area contributed by atoms with Gasteiger partial charge in [0.25, 0.3) is 0 Å². The minimum Gasteiger partial charge on any atom is -0.509 e. The molecule has 2 saturated carbocycles. The molecular weight excluding hydrogens is 1440 g/mol. The molecule has 2 aliphatic carbocycles. The number of carbonyl (C=O) groups excluding carboxylic acids is 2. The minimum atomic E-state index is -1.01. The molecule has 2 aliphatic rings. The SMILES string of the molecule is BrCc1ccccc1C1CC1.COCCn1c(Cc2ccc(-c3cccc(=O)[nH]3)cc2F)nc2ccc(C(=O)OC)cc21.COCCn1c(Cc2ccc(-c3cccc(OCc4ccccc4C4CC4)n3)cc2F)nc2ccc(C(=O)O)cc21.O=[C-]OO.[2H]CF.[Ag+].[Ag]. The number of methoxy groups -OCH3 is 3. The van der Waals surface area contributed by atoms with Crippen LogP contribution in [0.15, 0.2) is 163 Å². The van der Waals surface area contributed by atoms with E-state index in [9.17, 15) is 28.3 Å². The van der Waals surface area contributed by atoms with Gasteiger partial charge in [0.2, 0.25) is 11.4 Å². The molecule has 2 fully saturated rings. The maximum atomic E-state index is 15.4. The van der Waals surface area contributed by atoms with Crippen molar-refractivity contribution in [3.63, 3.8) is 0 Å². The number of aromatic nitrogens is 6. The van der Waals surface area contributed by atoms with Gasteiger partial charge in [-0.2, -0.15) is 0 Å². The van der Waals surface area contributed by atoms with Crippen LogP contribution in [0.5, 0.6) is 5.88 Å². The Morgan fingerprint density at radius 3 is 1.70 bits per heavy atom. The van der Waals surface area contributed by atoms with Gasteiger partial charge < -0.3 is 47.9 Å². The van der Waals surface area contributed by atoms with Gasteiger partial charge in [-0.25, -0.2) is 38.6 Å². The Bertz CT molecular complexity index is 4170. The van der Waals surface area contributed by atoms with Crippen molar-refractivity contribution in [2.45, 2.75) is 75.4 Å². The van der Waals surface area contributed by atoms with E-state index in [1.165, 1.54) is 73.7 Å². The Balaban J connectivity index is 0.000000232. The predicted molar refractivity (Wildman–Crippen MR) is 339 cm³/mol. The number of carboxylic acids is 1. The van der Waals surface area contributed by atoms with E-state index in [2.05, 4.69) is 83.2 Å². The summed E-state index contributed by atoms with van der Waals surface area (Å²) in [7, 11) is 3.53. The first kappa shape index (κ1) is 71.6. The van der Waals surface area contributed by atoms with Crippen molar-refractivity contribution in [3.05, 3.63) is 236 Å². The molecule has 6 aromatic carbocycles. The molecule has 0 spiro atoms. The molecular formula is C69H67Ag2BrF3N6O11. The van der Waals surface area contributed by atoms with Crippen molar-refractivity contribution in [1.29, 1.82) is 0 Å². The number of rotatable bonds is 21. The number of aromatic amines is 1. The number of fused-ring (bicyclic) bond motifs is 2. The molecule has 92 heavy (non-hydrogen) atoms. The average Bonchev–Trinajstić information content (AvgIpc) is 1.68. The zero-order chi connectivity index (χ0) is 64.8. The normalized spacial score (nSPS) is 12.1. The van der Waals surface area contributed by atoms with Crippen LogP contribution in [0.25, 0.3) is 44.6 Å². The van der Waals surface area contributed by atoms with Crippen LogP contribution in [0.4, 0.5) is 13.2 Å². The number of hydrogen-bond donors (Lipinski definition) is 3. The number of nitrogens with one attached hydrogen (secondary N) is 1. The first-order valence-corrected chi connectivity index (χ1v) is 29.8. The number of ether oxygens (including phenoxy) is 4. The Labute approximate surface area is 570 Å². The second-order valence-corrected chi connectivity index (χ2v) is 21.4. The van der Waals surface area contributed by atoms with Crippen LogP contribution in [-0.2, 0) is 107 Å². The van der Waals surface area contributed by atoms with E-state index in [1.807, 2.05) is 39.5 Å². The molecule has 0 atom stereocenters. The molecule has 1 radical (unpaired) electrons. The number of pyridine rings is 2. The number of hydrogen-bond acceptors (Lipinski definition) is 13. The summed E-state index contributed by atoms with van der Waals surface area (Å²) in [6.07, 6.45) is 5.73. The standard InChI is InChI=1S/C33H30FN3O4.C24H22FN3O4.C10H11Br.CH3F.CHO3.2Ag/c1-40-16-15-37-30-18-24(33(38)39)13-14-29(30)35-31(37)19-22-11-12-23(17-27(22)34)28-7-4-8-32(36-28)41-20-25-5-2-3-6-26(25)21-9-10-21;1-31-11-10-28-21-13-17(24(30)32-2)8-9-20(21)26-22(28)14-15-6-7-16(12-18(15)25)19-4-3-5-23(29)27-19;11-7-9-3-1-2-4-10(9)8-5-6-8;1-2;2-1-4-3;;/h2-8,11-14,17-18,21H,9-10,15-16,19-20H2,1H3,(H,38,39);3-9,12-13H,10-11,14H2,1-2H3,(H,27,29);1-4,8H,5-7H2;1H3;3H;;/q;;;;-1;;+1/i;;;1D;;;. The van der Waals surface area contributed by atoms with E-state index < -0.39 is 24.9 Å². The van der Waals surface area contributed by atoms with Crippen molar-refractivity contribution in [2.24, 2.45) is 0 Å². The molecule has 0 bridgehead atoms. The van der Waals surface area contributed by atoms with Gasteiger partial charge in [-0.3, -0.25) is 9.18 Å². The fraction of sp³-hybridized carbons (Fsp3) is 0.261. The number of imidazole rings is 2. The number of halogens is 4. The number of aromatic carboxylic acids is 1. The third kappa shape index (κ3) is 19.6. The number of benzene rings is 6. The van der Waals surface area contributed by atoms with E-state index >= 15 is 4.39 Å². The summed E-state index contributed by atoms with van der Waals surface area (Å²) in [6.45, 7) is 2.98. The van der Waals surface area contributed by atoms with Gasteiger partial charge >= 0.3 is 34.3 Å². The maximum absolute atomic E-state index is 15.4. The smallest absolute Gasteiger partial charge is 0.509 e. The molecule has 0 unspecified atom stereocenters. The molecule has 489 valence electrons. The molecule has 17 nitrogen and oxygen atoms in total. The quantitative estimate of drug-likeness (QED) is 0.0152. The largest absolute Gasteiger partial charge is 1.00 e. The molecule has 0 amide bonds. The van der Waals surface area contributed by atoms with Gasteiger partial charge in [0.15, 0.2) is 0 Å². The Morgan fingerprint density at radius 2 is 1.18 bits per heavy atom. The fourth-order valence-corrected chi connectivity index (χ4v) is 10.7. The number of H-pyrrole nitrogens is 1. The minimum absolute atomic E-state index is 0. The monoisotopic (exact) mass is 1510 g/mol. The number of carboxylic acid groups (broad SMARTS) is 1.